The smallest absolute Gasteiger partial charge is 0.352 e. The van der Waals surface area contributed by atoms with Gasteiger partial charge in [-0.25, -0.2) is 13.4 Å². The first kappa shape index (κ1) is 21.4. The number of benzene rings is 2. The number of nitrogens with zero attached hydrogens (tertiary/aromatic N) is 3. The Bertz CT molecular complexity index is 1390. The molecule has 0 saturated heterocycles. The van der Waals surface area contributed by atoms with E-state index >= 15 is 0 Å². The van der Waals surface area contributed by atoms with E-state index in [-0.39, 0.29) is 16.4 Å². The van der Waals surface area contributed by atoms with E-state index in [1.54, 1.807) is 36.5 Å². The maximum atomic E-state index is 12.8. The average molecular weight is 474 g/mol. The molecule has 4 aromatic rings. The first-order valence-electron chi connectivity index (χ1n) is 9.12. The summed E-state index contributed by atoms with van der Waals surface area (Å²) in [7, 11) is -3.81. The van der Waals surface area contributed by atoms with Crippen LogP contribution in [0, 0.1) is 17.0 Å². The van der Waals surface area contributed by atoms with Crippen LogP contribution in [0.25, 0.3) is 5.65 Å². The van der Waals surface area contributed by atoms with Gasteiger partial charge >= 0.3 is 5.82 Å². The zero-order chi connectivity index (χ0) is 22.2. The minimum atomic E-state index is -3.81. The predicted octanol–water partition coefficient (Wildman–Crippen LogP) is 5.33. The molecule has 0 N–H and O–H groups in total. The maximum absolute atomic E-state index is 12.8. The van der Waals surface area contributed by atoms with E-state index in [0.717, 1.165) is 10.5 Å². The molecule has 0 spiro atoms. The topological polar surface area (TPSA) is 94.6 Å². The van der Waals surface area contributed by atoms with Gasteiger partial charge in [0.05, 0.1) is 9.79 Å². The summed E-state index contributed by atoms with van der Waals surface area (Å²) in [6, 6.07) is 16.9. The van der Waals surface area contributed by atoms with Crippen LogP contribution >= 0.6 is 23.4 Å². The molecule has 10 heteroatoms. The minimum absolute atomic E-state index is 0.0910. The summed E-state index contributed by atoms with van der Waals surface area (Å²) in [5.74, 6) is -0.921. The molecule has 0 amide bonds. The number of sulfone groups is 1. The van der Waals surface area contributed by atoms with Crippen LogP contribution in [0.1, 0.15) is 11.3 Å². The van der Waals surface area contributed by atoms with Crippen LogP contribution in [0.15, 0.2) is 81.5 Å². The Hall–Kier alpha value is -2.88. The third-order valence-corrected chi connectivity index (χ3v) is 7.43. The zero-order valence-electron chi connectivity index (χ0n) is 16.2. The van der Waals surface area contributed by atoms with Gasteiger partial charge in [0.15, 0.2) is 15.5 Å². The fourth-order valence-electron chi connectivity index (χ4n) is 3.17. The van der Waals surface area contributed by atoms with Gasteiger partial charge in [0.1, 0.15) is 11.9 Å². The Morgan fingerprint density at radius 1 is 1.13 bits per heavy atom. The van der Waals surface area contributed by atoms with Crippen molar-refractivity contribution >= 4 is 44.7 Å². The molecule has 4 rings (SSSR count). The van der Waals surface area contributed by atoms with E-state index < -0.39 is 20.5 Å². The van der Waals surface area contributed by atoms with E-state index in [1.807, 2.05) is 25.1 Å². The number of imidazole rings is 1. The van der Waals surface area contributed by atoms with Crippen LogP contribution in [-0.4, -0.2) is 22.7 Å². The lowest BCUT2D eigenvalue weighted by Crippen LogP contribution is -2.07. The van der Waals surface area contributed by atoms with Crippen LogP contribution in [-0.2, 0) is 15.6 Å². The molecule has 2 aromatic carbocycles. The van der Waals surface area contributed by atoms with Gasteiger partial charge in [-0.15, -0.1) is 0 Å². The van der Waals surface area contributed by atoms with Gasteiger partial charge in [0, 0.05) is 9.92 Å². The fraction of sp³-hybridized carbons (Fsp3) is 0.0952. The first-order valence-corrected chi connectivity index (χ1v) is 12.0. The second-order valence-electron chi connectivity index (χ2n) is 6.84. The maximum Gasteiger partial charge on any atom is 0.352 e. The lowest BCUT2D eigenvalue weighted by atomic mass is 10.3. The van der Waals surface area contributed by atoms with E-state index in [1.165, 1.54) is 28.3 Å². The predicted molar refractivity (Wildman–Crippen MR) is 119 cm³/mol. The molecule has 158 valence electrons. The second kappa shape index (κ2) is 8.33. The average Bonchev–Trinajstić information content (AvgIpc) is 3.07. The van der Waals surface area contributed by atoms with E-state index in [0.29, 0.717) is 15.6 Å². The minimum Gasteiger partial charge on any atom is -0.358 e. The molecule has 0 bridgehead atoms. The van der Waals surface area contributed by atoms with Crippen LogP contribution in [0.4, 0.5) is 5.82 Å². The van der Waals surface area contributed by atoms with Gasteiger partial charge in [-0.1, -0.05) is 41.6 Å². The molecule has 31 heavy (non-hydrogen) atoms. The Morgan fingerprint density at radius 3 is 2.45 bits per heavy atom. The van der Waals surface area contributed by atoms with Gasteiger partial charge in [0.2, 0.25) is 5.65 Å². The molecule has 0 unspecified atom stereocenters. The lowest BCUT2D eigenvalue weighted by molar-refractivity contribution is -0.391. The zero-order valence-corrected chi connectivity index (χ0v) is 18.6. The highest BCUT2D eigenvalue weighted by atomic mass is 35.5. The molecular weight excluding hydrogens is 458 g/mol. The number of nitro groups is 1. The fourth-order valence-corrected chi connectivity index (χ4v) is 5.59. The molecular formula is C21H16ClN3O4S2. The lowest BCUT2D eigenvalue weighted by Gasteiger charge is -2.04. The number of aryl methyl sites for hydroxylation is 1. The highest BCUT2D eigenvalue weighted by Gasteiger charge is 2.29. The summed E-state index contributed by atoms with van der Waals surface area (Å²) in [5.41, 5.74) is 1.01. The first-order chi connectivity index (χ1) is 14.7. The quantitative estimate of drug-likeness (QED) is 0.277. The molecule has 0 atom stereocenters. The van der Waals surface area contributed by atoms with E-state index in [4.69, 9.17) is 11.6 Å². The van der Waals surface area contributed by atoms with Gasteiger partial charge < -0.3 is 10.1 Å². The third kappa shape index (κ3) is 4.43. The number of aromatic nitrogens is 2. The summed E-state index contributed by atoms with van der Waals surface area (Å²) < 4.78 is 27.0. The van der Waals surface area contributed by atoms with Crippen molar-refractivity contribution in [2.24, 2.45) is 0 Å². The molecule has 0 saturated carbocycles. The molecule has 2 aromatic heterocycles. The van der Waals surface area contributed by atoms with E-state index in [2.05, 4.69) is 4.98 Å². The summed E-state index contributed by atoms with van der Waals surface area (Å²) in [6.45, 7) is 1.81. The van der Waals surface area contributed by atoms with Crippen LogP contribution in [0.3, 0.4) is 0 Å². The van der Waals surface area contributed by atoms with Crippen molar-refractivity contribution in [1.29, 1.82) is 0 Å². The number of halogens is 1. The van der Waals surface area contributed by atoms with Gasteiger partial charge in [-0.05, 0) is 59.9 Å². The van der Waals surface area contributed by atoms with Crippen molar-refractivity contribution < 1.29 is 13.3 Å². The normalized spacial score (nSPS) is 11.7. The Balaban J connectivity index is 1.84. The number of hydrogen-bond donors (Lipinski definition) is 0. The van der Waals surface area contributed by atoms with Crippen molar-refractivity contribution in [2.45, 2.75) is 27.4 Å². The van der Waals surface area contributed by atoms with Crippen molar-refractivity contribution in [3.63, 3.8) is 0 Å². The number of hydrogen-bond acceptors (Lipinski definition) is 6. The van der Waals surface area contributed by atoms with Crippen molar-refractivity contribution in [1.82, 2.24) is 9.38 Å². The standard InChI is InChI=1S/C21H16ClN3O4S2/c1-14-11-19(30-16-9-7-15(22)8-10-16)20-23-18(21(25(26)27)24(20)12-14)13-31(28,29)17-5-3-2-4-6-17/h2-12H,13H2,1H3. The Labute approximate surface area is 187 Å². The van der Waals surface area contributed by atoms with Crippen molar-refractivity contribution in [3.05, 3.63) is 93.3 Å². The Morgan fingerprint density at radius 2 is 1.81 bits per heavy atom. The van der Waals surface area contributed by atoms with E-state index in [9.17, 15) is 18.5 Å². The van der Waals surface area contributed by atoms with Crippen LogP contribution in [0.5, 0.6) is 0 Å². The largest absolute Gasteiger partial charge is 0.358 e. The molecule has 0 aliphatic heterocycles. The van der Waals surface area contributed by atoms with Crippen LogP contribution < -0.4 is 0 Å². The summed E-state index contributed by atoms with van der Waals surface area (Å²) in [5, 5.41) is 12.5. The molecule has 2 heterocycles. The number of pyridine rings is 1. The van der Waals surface area contributed by atoms with Crippen molar-refractivity contribution in [3.8, 4) is 0 Å². The van der Waals surface area contributed by atoms with Gasteiger partial charge in [0.25, 0.3) is 0 Å². The highest BCUT2D eigenvalue weighted by molar-refractivity contribution is 7.99. The third-order valence-electron chi connectivity index (χ3n) is 4.51. The van der Waals surface area contributed by atoms with Gasteiger partial charge in [-0.3, -0.25) is 0 Å². The molecule has 0 radical (unpaired) electrons. The second-order valence-corrected chi connectivity index (χ2v) is 10.4. The molecule has 7 nitrogen and oxygen atoms in total. The van der Waals surface area contributed by atoms with Gasteiger partial charge in [-0.2, -0.15) is 4.40 Å². The summed E-state index contributed by atoms with van der Waals surface area (Å²) >= 11 is 7.32. The SMILES string of the molecule is Cc1cc(Sc2ccc(Cl)cc2)c2nc(CS(=O)(=O)c3ccccc3)c([N+](=O)[O-])n2c1. The molecule has 0 aliphatic rings. The van der Waals surface area contributed by atoms with Crippen molar-refractivity contribution in [2.75, 3.05) is 0 Å². The molecule has 0 fully saturated rings. The Kier molecular flexibility index (Phi) is 5.74. The summed E-state index contributed by atoms with van der Waals surface area (Å²) in [6.07, 6.45) is 1.59. The molecule has 0 aliphatic carbocycles. The number of rotatable bonds is 6. The van der Waals surface area contributed by atoms with Crippen LogP contribution in [0.2, 0.25) is 5.02 Å². The highest BCUT2D eigenvalue weighted by Crippen LogP contribution is 2.35. The monoisotopic (exact) mass is 473 g/mol. The number of fused-ring (bicyclic) bond motifs is 1. The summed E-state index contributed by atoms with van der Waals surface area (Å²) in [4.78, 5) is 17.3.